The average Bonchev–Trinajstić information content (AvgIpc) is 2.41. The SMILES string of the molecule is C=CCC(=O)NC1=NCC(c2ccccc2)CN1. The summed E-state index contributed by atoms with van der Waals surface area (Å²) in [7, 11) is 0. The van der Waals surface area contributed by atoms with Gasteiger partial charge >= 0.3 is 0 Å². The molecule has 1 aliphatic heterocycles. The molecule has 0 saturated heterocycles. The predicted molar refractivity (Wildman–Crippen MR) is 72.4 cm³/mol. The number of rotatable bonds is 3. The number of amides is 1. The first-order valence-electron chi connectivity index (χ1n) is 6.03. The fraction of sp³-hybridized carbons (Fsp3) is 0.286. The minimum absolute atomic E-state index is 0.0885. The molecule has 4 heteroatoms. The van der Waals surface area contributed by atoms with Crippen molar-refractivity contribution in [3.63, 3.8) is 0 Å². The van der Waals surface area contributed by atoms with Gasteiger partial charge in [0.1, 0.15) is 0 Å². The molecule has 1 aromatic carbocycles. The molecule has 18 heavy (non-hydrogen) atoms. The molecule has 1 aromatic rings. The predicted octanol–water partition coefficient (Wildman–Crippen LogP) is 1.42. The summed E-state index contributed by atoms with van der Waals surface area (Å²) in [5.41, 5.74) is 1.27. The molecule has 0 saturated carbocycles. The molecular weight excluding hydrogens is 226 g/mol. The summed E-state index contributed by atoms with van der Waals surface area (Å²) < 4.78 is 0. The summed E-state index contributed by atoms with van der Waals surface area (Å²) >= 11 is 0. The summed E-state index contributed by atoms with van der Waals surface area (Å²) in [6.45, 7) is 5.01. The lowest BCUT2D eigenvalue weighted by Crippen LogP contribution is -2.45. The maximum absolute atomic E-state index is 11.4. The summed E-state index contributed by atoms with van der Waals surface area (Å²) in [4.78, 5) is 15.7. The van der Waals surface area contributed by atoms with E-state index >= 15 is 0 Å². The third-order valence-corrected chi connectivity index (χ3v) is 2.84. The second kappa shape index (κ2) is 6.00. The molecule has 1 amide bonds. The van der Waals surface area contributed by atoms with Crippen LogP contribution < -0.4 is 10.6 Å². The maximum atomic E-state index is 11.4. The molecule has 1 atom stereocenters. The van der Waals surface area contributed by atoms with Crippen LogP contribution in [0, 0.1) is 0 Å². The van der Waals surface area contributed by atoms with Crippen molar-refractivity contribution in [1.82, 2.24) is 10.6 Å². The second-order valence-corrected chi connectivity index (χ2v) is 4.22. The van der Waals surface area contributed by atoms with Gasteiger partial charge in [0.2, 0.25) is 5.91 Å². The summed E-state index contributed by atoms with van der Waals surface area (Å²) in [5.74, 6) is 0.842. The van der Waals surface area contributed by atoms with Crippen molar-refractivity contribution in [3.8, 4) is 0 Å². The molecule has 0 aliphatic carbocycles. The Labute approximate surface area is 107 Å². The van der Waals surface area contributed by atoms with Gasteiger partial charge in [0.25, 0.3) is 0 Å². The molecule has 2 N–H and O–H groups in total. The molecule has 4 nitrogen and oxygen atoms in total. The monoisotopic (exact) mass is 243 g/mol. The minimum Gasteiger partial charge on any atom is -0.355 e. The van der Waals surface area contributed by atoms with Gasteiger partial charge in [-0.05, 0) is 5.56 Å². The number of nitrogens with one attached hydrogen (secondary N) is 2. The number of nitrogens with zero attached hydrogens (tertiary/aromatic N) is 1. The van der Waals surface area contributed by atoms with Gasteiger partial charge in [0, 0.05) is 18.9 Å². The molecule has 94 valence electrons. The highest BCUT2D eigenvalue weighted by atomic mass is 16.1. The normalized spacial score (nSPS) is 18.4. The molecule has 1 aliphatic rings. The van der Waals surface area contributed by atoms with E-state index in [2.05, 4.69) is 34.3 Å². The van der Waals surface area contributed by atoms with Crippen molar-refractivity contribution in [2.75, 3.05) is 13.1 Å². The van der Waals surface area contributed by atoms with Crippen molar-refractivity contribution in [1.29, 1.82) is 0 Å². The molecule has 2 rings (SSSR count). The molecule has 0 aromatic heterocycles. The number of aliphatic imine (C=N–C) groups is 1. The summed E-state index contributed by atoms with van der Waals surface area (Å²) in [6.07, 6.45) is 1.88. The van der Waals surface area contributed by atoms with Crippen LogP contribution >= 0.6 is 0 Å². The average molecular weight is 243 g/mol. The zero-order valence-electron chi connectivity index (χ0n) is 10.2. The lowest BCUT2D eigenvalue weighted by molar-refractivity contribution is -0.118. The highest BCUT2D eigenvalue weighted by Crippen LogP contribution is 2.16. The Morgan fingerprint density at radius 1 is 1.50 bits per heavy atom. The van der Waals surface area contributed by atoms with E-state index < -0.39 is 0 Å². The smallest absolute Gasteiger partial charge is 0.230 e. The van der Waals surface area contributed by atoms with Crippen molar-refractivity contribution in [2.24, 2.45) is 4.99 Å². The molecule has 0 radical (unpaired) electrons. The summed E-state index contributed by atoms with van der Waals surface area (Å²) in [6, 6.07) is 10.3. The number of guanidine groups is 1. The number of hydrogen-bond donors (Lipinski definition) is 2. The first-order valence-corrected chi connectivity index (χ1v) is 6.03. The molecule has 1 unspecified atom stereocenters. The lowest BCUT2D eigenvalue weighted by Gasteiger charge is -2.23. The van der Waals surface area contributed by atoms with Gasteiger partial charge in [-0.3, -0.25) is 15.1 Å². The summed E-state index contributed by atoms with van der Waals surface area (Å²) in [5, 5.41) is 5.86. The fourth-order valence-electron chi connectivity index (χ4n) is 1.89. The van der Waals surface area contributed by atoms with E-state index in [4.69, 9.17) is 0 Å². The van der Waals surface area contributed by atoms with Gasteiger partial charge in [-0.15, -0.1) is 6.58 Å². The standard InChI is InChI=1S/C14H17N3O/c1-2-6-13(18)17-14-15-9-12(10-16-14)11-7-4-3-5-8-11/h2-5,7-8,12H,1,6,9-10H2,(H2,15,16,17,18). The molecule has 0 spiro atoms. The fourth-order valence-corrected chi connectivity index (χ4v) is 1.89. The Hall–Kier alpha value is -2.10. The number of carbonyl (C=O) groups is 1. The maximum Gasteiger partial charge on any atom is 0.230 e. The van der Waals surface area contributed by atoms with Gasteiger partial charge in [-0.25, -0.2) is 0 Å². The third-order valence-electron chi connectivity index (χ3n) is 2.84. The first-order chi connectivity index (χ1) is 8.79. The molecule has 1 heterocycles. The third kappa shape index (κ3) is 3.20. The van der Waals surface area contributed by atoms with Gasteiger partial charge in [0.15, 0.2) is 5.96 Å². The highest BCUT2D eigenvalue weighted by Gasteiger charge is 2.17. The van der Waals surface area contributed by atoms with Crippen molar-refractivity contribution < 1.29 is 4.79 Å². The van der Waals surface area contributed by atoms with E-state index in [1.807, 2.05) is 18.2 Å². The Morgan fingerprint density at radius 3 is 2.89 bits per heavy atom. The van der Waals surface area contributed by atoms with Gasteiger partial charge in [0.05, 0.1) is 6.54 Å². The Balaban J connectivity index is 1.92. The van der Waals surface area contributed by atoms with Crippen LogP contribution in [-0.4, -0.2) is 25.0 Å². The minimum atomic E-state index is -0.0885. The van der Waals surface area contributed by atoms with Crippen molar-refractivity contribution in [2.45, 2.75) is 12.3 Å². The van der Waals surface area contributed by atoms with Gasteiger partial charge in [-0.1, -0.05) is 36.4 Å². The van der Waals surface area contributed by atoms with Crippen LogP contribution in [0.15, 0.2) is 48.0 Å². The van der Waals surface area contributed by atoms with Crippen LogP contribution in [0.2, 0.25) is 0 Å². The topological polar surface area (TPSA) is 53.5 Å². The van der Waals surface area contributed by atoms with Crippen LogP contribution in [0.4, 0.5) is 0 Å². The van der Waals surface area contributed by atoms with Gasteiger partial charge < -0.3 is 5.32 Å². The van der Waals surface area contributed by atoms with E-state index in [9.17, 15) is 4.79 Å². The first kappa shape index (κ1) is 12.4. The Morgan fingerprint density at radius 2 is 2.28 bits per heavy atom. The van der Waals surface area contributed by atoms with E-state index in [1.165, 1.54) is 5.56 Å². The number of hydrogen-bond acceptors (Lipinski definition) is 3. The van der Waals surface area contributed by atoms with Crippen LogP contribution in [-0.2, 0) is 4.79 Å². The lowest BCUT2D eigenvalue weighted by atomic mass is 9.98. The van der Waals surface area contributed by atoms with Crippen molar-refractivity contribution in [3.05, 3.63) is 48.6 Å². The quantitative estimate of drug-likeness (QED) is 0.789. The van der Waals surface area contributed by atoms with Crippen LogP contribution in [0.25, 0.3) is 0 Å². The largest absolute Gasteiger partial charge is 0.355 e. The van der Waals surface area contributed by atoms with E-state index in [1.54, 1.807) is 6.08 Å². The van der Waals surface area contributed by atoms with E-state index in [0.717, 1.165) is 6.54 Å². The Kier molecular flexibility index (Phi) is 4.12. The van der Waals surface area contributed by atoms with E-state index in [0.29, 0.717) is 24.8 Å². The van der Waals surface area contributed by atoms with Gasteiger partial charge in [-0.2, -0.15) is 0 Å². The van der Waals surface area contributed by atoms with Crippen LogP contribution in [0.5, 0.6) is 0 Å². The molecule has 0 fully saturated rings. The van der Waals surface area contributed by atoms with Crippen molar-refractivity contribution >= 4 is 11.9 Å². The Bertz CT molecular complexity index is 453. The molecular formula is C14H17N3O. The number of benzene rings is 1. The zero-order chi connectivity index (χ0) is 12.8. The molecule has 0 bridgehead atoms. The second-order valence-electron chi connectivity index (χ2n) is 4.22. The van der Waals surface area contributed by atoms with Crippen LogP contribution in [0.3, 0.4) is 0 Å². The number of carbonyl (C=O) groups excluding carboxylic acids is 1. The zero-order valence-corrected chi connectivity index (χ0v) is 10.2. The van der Waals surface area contributed by atoms with E-state index in [-0.39, 0.29) is 5.91 Å². The van der Waals surface area contributed by atoms with Crippen LogP contribution in [0.1, 0.15) is 17.9 Å². The highest BCUT2D eigenvalue weighted by molar-refractivity contribution is 5.97.